The molecule has 10 atom stereocenters. The van der Waals surface area contributed by atoms with Crippen LogP contribution in [0.3, 0.4) is 0 Å². The van der Waals surface area contributed by atoms with Crippen LogP contribution in [0.15, 0.2) is 65.7 Å². The molecule has 0 aliphatic carbocycles. The first-order valence-electron chi connectivity index (χ1n) is 32.1. The van der Waals surface area contributed by atoms with Crippen LogP contribution in [0, 0.1) is 5.92 Å². The predicted octanol–water partition coefficient (Wildman–Crippen LogP) is -3.11. The summed E-state index contributed by atoms with van der Waals surface area (Å²) < 4.78 is 0. The molecular weight excluding hydrogens is 1250 g/mol. The zero-order valence-corrected chi connectivity index (χ0v) is 55.2. The van der Waals surface area contributed by atoms with Gasteiger partial charge in [-0.3, -0.25) is 62.5 Å². The highest BCUT2D eigenvalue weighted by atomic mass is 32.2. The van der Waals surface area contributed by atoms with Crippen LogP contribution in [0.1, 0.15) is 121 Å². The van der Waals surface area contributed by atoms with E-state index in [4.69, 9.17) is 34.4 Å². The van der Waals surface area contributed by atoms with E-state index in [-0.39, 0.29) is 83.0 Å². The van der Waals surface area contributed by atoms with Crippen LogP contribution < -0.4 is 76.9 Å². The van der Waals surface area contributed by atoms with Crippen molar-refractivity contribution < 1.29 is 67.4 Å². The second-order valence-electron chi connectivity index (χ2n) is 24.1. The number of guanidine groups is 1. The average molecular weight is 1350 g/mol. The Morgan fingerprint density at radius 1 is 0.558 bits per heavy atom. The predicted molar refractivity (Wildman–Crippen MR) is 354 cm³/mol. The van der Waals surface area contributed by atoms with Crippen LogP contribution in [0.25, 0.3) is 0 Å². The lowest BCUT2D eigenvalue weighted by molar-refractivity contribution is -0.144. The van der Waals surface area contributed by atoms with Crippen LogP contribution in [-0.4, -0.2) is 203 Å². The summed E-state index contributed by atoms with van der Waals surface area (Å²) in [6.07, 6.45) is 2.86. The van der Waals surface area contributed by atoms with Crippen molar-refractivity contribution in [2.24, 2.45) is 45.3 Å². The zero-order valence-electron chi connectivity index (χ0n) is 54.4. The Hall–Kier alpha value is -8.91. The Bertz CT molecular complexity index is 2960. The lowest BCUT2D eigenvalue weighted by Gasteiger charge is -2.32. The number of likely N-dealkylation sites (tertiary alicyclic amines) is 2. The molecule has 95 heavy (non-hydrogen) atoms. The number of aliphatic carboxylic acids is 1. The lowest BCUT2D eigenvalue weighted by atomic mass is 10.0. The molecule has 524 valence electrons. The van der Waals surface area contributed by atoms with E-state index in [9.17, 15) is 67.4 Å². The number of carboxylic acids is 1. The molecule has 21 N–H and O–H groups in total. The van der Waals surface area contributed by atoms with Crippen molar-refractivity contribution in [2.75, 3.05) is 44.7 Å². The van der Waals surface area contributed by atoms with E-state index < -0.39 is 170 Å². The van der Waals surface area contributed by atoms with Gasteiger partial charge in [-0.05, 0) is 119 Å². The molecule has 4 rings (SSSR count). The third kappa shape index (κ3) is 27.5. The van der Waals surface area contributed by atoms with E-state index in [2.05, 4.69) is 47.5 Å². The summed E-state index contributed by atoms with van der Waals surface area (Å²) in [6, 6.07) is 4.12. The molecule has 0 bridgehead atoms. The first-order chi connectivity index (χ1) is 45.2. The molecule has 0 aromatic heterocycles. The molecule has 2 aliphatic rings. The average Bonchev–Trinajstić information content (AvgIpc) is 1.74. The molecule has 2 heterocycles. The molecule has 0 saturated carbocycles. The standard InChI is InChI=1S/C63H97N17O14S/c1-37(2)33-45(56(87)76-44(62(93)94)27-32-95-3)72-52(83)36-71-53(84)46(34-38-15-6-4-7-16-38)77-57(88)47(35-39-17-8-5-9-18-39)78-55(86)41(23-25-50(66)81)73-54(85)42(24-26-51(67)82)74-58(89)49-22-14-31-80(49)61(92)43(20-10-11-28-64)75-59(90)48-21-13-30-79(48)60(91)40(65)19-12-29-70-63(68)69/h4-9,15-18,37,40-49H,10-14,19-36,64-65H2,1-3H3,(H2,66,81)(H2,67,82)(H,71,84)(H,72,83)(H,73,85)(H,74,89)(H,75,90)(H,76,87)(H,77,88)(H,78,86)(H,93,94)(H4,68,69,70)/t40-,41-,42+,43+,44-,45-,46-,47+,48-,49-/m0/s1. The summed E-state index contributed by atoms with van der Waals surface area (Å²) in [5.41, 5.74) is 35.0. The molecule has 0 spiro atoms. The minimum absolute atomic E-state index is 0.0706. The number of carbonyl (C=O) groups is 13. The van der Waals surface area contributed by atoms with Crippen molar-refractivity contribution in [2.45, 2.75) is 183 Å². The number of hydrogen-bond acceptors (Lipinski definition) is 17. The number of benzene rings is 2. The number of nitrogens with two attached hydrogens (primary N) is 6. The molecule has 2 aliphatic heterocycles. The van der Waals surface area contributed by atoms with Crippen LogP contribution in [0.4, 0.5) is 0 Å². The van der Waals surface area contributed by atoms with Gasteiger partial charge in [-0.1, -0.05) is 74.5 Å². The van der Waals surface area contributed by atoms with Crippen LogP contribution >= 0.6 is 11.8 Å². The van der Waals surface area contributed by atoms with Gasteiger partial charge in [-0.2, -0.15) is 11.8 Å². The second-order valence-corrected chi connectivity index (χ2v) is 25.0. The van der Waals surface area contributed by atoms with Gasteiger partial charge in [-0.25, -0.2) is 4.79 Å². The highest BCUT2D eigenvalue weighted by Crippen LogP contribution is 2.24. The van der Waals surface area contributed by atoms with Gasteiger partial charge in [0.1, 0.15) is 54.4 Å². The second kappa shape index (κ2) is 41.0. The fourth-order valence-corrected chi connectivity index (χ4v) is 11.5. The van der Waals surface area contributed by atoms with Crippen molar-refractivity contribution in [3.63, 3.8) is 0 Å². The number of thioether (sulfide) groups is 1. The lowest BCUT2D eigenvalue weighted by Crippen LogP contribution is -2.60. The van der Waals surface area contributed by atoms with Crippen molar-refractivity contribution in [1.29, 1.82) is 0 Å². The number of unbranched alkanes of at least 4 members (excludes halogenated alkanes) is 1. The van der Waals surface area contributed by atoms with Crippen LogP contribution in [-0.2, 0) is 75.2 Å². The summed E-state index contributed by atoms with van der Waals surface area (Å²) >= 11 is 1.40. The number of nitrogens with zero attached hydrogens (tertiary/aromatic N) is 3. The maximum absolute atomic E-state index is 14.7. The van der Waals surface area contributed by atoms with Crippen LogP contribution in [0.2, 0.25) is 0 Å². The minimum atomic E-state index is -1.65. The van der Waals surface area contributed by atoms with Crippen molar-refractivity contribution in [3.8, 4) is 0 Å². The molecule has 12 amide bonds. The summed E-state index contributed by atoms with van der Waals surface area (Å²) in [6.45, 7) is 3.78. The number of nitrogens with one attached hydrogen (secondary N) is 8. The van der Waals surface area contributed by atoms with Crippen LogP contribution in [0.5, 0.6) is 0 Å². The molecule has 32 heteroatoms. The zero-order chi connectivity index (χ0) is 70.1. The Morgan fingerprint density at radius 3 is 1.53 bits per heavy atom. The monoisotopic (exact) mass is 1350 g/mol. The summed E-state index contributed by atoms with van der Waals surface area (Å²) in [5.74, 6) is -10.6. The minimum Gasteiger partial charge on any atom is -0.480 e. The highest BCUT2D eigenvalue weighted by Gasteiger charge is 2.42. The normalized spacial score (nSPS) is 16.8. The Morgan fingerprint density at radius 2 is 1.03 bits per heavy atom. The molecule has 2 aromatic carbocycles. The number of aliphatic imine (C=N–C) groups is 1. The van der Waals surface area contributed by atoms with Gasteiger partial charge in [0.15, 0.2) is 5.96 Å². The molecule has 2 saturated heterocycles. The van der Waals surface area contributed by atoms with Crippen molar-refractivity contribution >= 4 is 94.6 Å². The number of rotatable bonds is 42. The summed E-state index contributed by atoms with van der Waals surface area (Å²) in [5, 5.41) is 30.6. The molecule has 2 aromatic rings. The first kappa shape index (κ1) is 78.5. The SMILES string of the molecule is CSCC[C@H](NC(=O)[C@H](CC(C)C)NC(=O)CNC(=O)[C@H](Cc1ccccc1)NC(=O)[C@@H](Cc1ccccc1)NC(=O)[C@H](CCC(N)=O)NC(=O)[C@@H](CCC(N)=O)NC(=O)[C@@H]1CCCN1C(=O)[C@@H](CCCCN)NC(=O)[C@@H]1CCCN1C(=O)[C@@H](N)CCCN=C(N)N)C(=O)O. The fourth-order valence-electron chi connectivity index (χ4n) is 11.0. The van der Waals surface area contributed by atoms with Gasteiger partial charge in [0, 0.05) is 45.3 Å². The third-order valence-corrected chi connectivity index (χ3v) is 16.6. The van der Waals surface area contributed by atoms with E-state index in [0.29, 0.717) is 55.4 Å². The molecule has 31 nitrogen and oxygen atoms in total. The number of amides is 12. The quantitative estimate of drug-likeness (QED) is 0.0178. The van der Waals surface area contributed by atoms with Gasteiger partial charge in [0.25, 0.3) is 0 Å². The Kier molecular flexibility index (Phi) is 33.9. The number of primary amides is 2. The Balaban J connectivity index is 1.56. The summed E-state index contributed by atoms with van der Waals surface area (Å²) in [7, 11) is 0. The number of hydrogen-bond donors (Lipinski definition) is 15. The topological polar surface area (TPSA) is 513 Å². The Labute approximate surface area is 557 Å². The number of carbonyl (C=O) groups excluding carboxylic acids is 12. The van der Waals surface area contributed by atoms with Gasteiger partial charge in [0.2, 0.25) is 70.9 Å². The maximum atomic E-state index is 14.7. The highest BCUT2D eigenvalue weighted by molar-refractivity contribution is 7.98. The van der Waals surface area contributed by atoms with Gasteiger partial charge < -0.3 is 91.8 Å². The van der Waals surface area contributed by atoms with Gasteiger partial charge in [0.05, 0.1) is 12.6 Å². The molecule has 0 radical (unpaired) electrons. The molecule has 2 fully saturated rings. The van der Waals surface area contributed by atoms with Gasteiger partial charge in [-0.15, -0.1) is 0 Å². The van der Waals surface area contributed by atoms with Crippen molar-refractivity contribution in [3.05, 3.63) is 71.8 Å². The fraction of sp³-hybridized carbons (Fsp3) is 0.587. The van der Waals surface area contributed by atoms with E-state index in [1.54, 1.807) is 80.8 Å². The molecule has 0 unspecified atom stereocenters. The van der Waals surface area contributed by atoms with E-state index >= 15 is 0 Å². The van der Waals surface area contributed by atoms with E-state index in [1.807, 2.05) is 0 Å². The third-order valence-electron chi connectivity index (χ3n) is 16.0. The van der Waals surface area contributed by atoms with E-state index in [1.165, 1.54) is 21.6 Å². The number of carboxylic acid groups (broad SMARTS) is 1. The molecular formula is C63H97N17O14S. The first-order valence-corrected chi connectivity index (χ1v) is 33.5. The van der Waals surface area contributed by atoms with Crippen molar-refractivity contribution in [1.82, 2.24) is 52.3 Å². The smallest absolute Gasteiger partial charge is 0.326 e. The van der Waals surface area contributed by atoms with E-state index in [0.717, 1.165) is 0 Å². The maximum Gasteiger partial charge on any atom is 0.326 e. The van der Waals surface area contributed by atoms with Gasteiger partial charge >= 0.3 is 5.97 Å². The largest absolute Gasteiger partial charge is 0.480 e. The summed E-state index contributed by atoms with van der Waals surface area (Å²) in [4.78, 5) is 184.